The first kappa shape index (κ1) is 13.9. The number of rotatable bonds is 6. The van der Waals surface area contributed by atoms with Crippen molar-refractivity contribution in [1.29, 1.82) is 0 Å². The minimum absolute atomic E-state index is 0.167. The van der Waals surface area contributed by atoms with Gasteiger partial charge in [0.05, 0.1) is 6.61 Å². The number of nitrogens with one attached hydrogen (secondary N) is 1. The second kappa shape index (κ2) is 6.55. The average Bonchev–Trinajstić information content (AvgIpc) is 2.32. The van der Waals surface area contributed by atoms with Crippen LogP contribution >= 0.6 is 0 Å². The van der Waals surface area contributed by atoms with E-state index in [0.29, 0.717) is 0 Å². The van der Waals surface area contributed by atoms with Crippen LogP contribution in [0.3, 0.4) is 0 Å². The zero-order valence-electron chi connectivity index (χ0n) is 9.83. The predicted molar refractivity (Wildman–Crippen MR) is 65.2 cm³/mol. The van der Waals surface area contributed by atoms with Gasteiger partial charge in [0, 0.05) is 25.4 Å². The van der Waals surface area contributed by atoms with Crippen LogP contribution in [0.1, 0.15) is 0 Å². The topological polar surface area (TPSA) is 95.4 Å². The van der Waals surface area contributed by atoms with Crippen LogP contribution < -0.4 is 11.2 Å². The summed E-state index contributed by atoms with van der Waals surface area (Å²) in [4.78, 5) is 37.5. The van der Waals surface area contributed by atoms with Gasteiger partial charge in [-0.2, -0.15) is 0 Å². The predicted octanol–water partition coefficient (Wildman–Crippen LogP) is -1.46. The molecule has 7 heteroatoms. The molecule has 0 aliphatic rings. The Morgan fingerprint density at radius 1 is 1.56 bits per heavy atom. The lowest BCUT2D eigenvalue weighted by Gasteiger charge is -2.20. The van der Waals surface area contributed by atoms with Gasteiger partial charge in [-0.25, -0.2) is 4.79 Å². The van der Waals surface area contributed by atoms with E-state index in [0.717, 1.165) is 4.57 Å². The summed E-state index contributed by atoms with van der Waals surface area (Å²) in [7, 11) is 0. The van der Waals surface area contributed by atoms with E-state index in [2.05, 4.69) is 11.6 Å². The fourth-order valence-corrected chi connectivity index (χ4v) is 1.41. The molecule has 1 aromatic rings. The molecular formula is C11H15N3O4. The minimum Gasteiger partial charge on any atom is -0.395 e. The summed E-state index contributed by atoms with van der Waals surface area (Å²) in [6, 6.07) is 1.17. The van der Waals surface area contributed by atoms with E-state index in [1.165, 1.54) is 23.2 Å². The van der Waals surface area contributed by atoms with Crippen LogP contribution in [-0.2, 0) is 11.3 Å². The number of carbonyl (C=O) groups is 1. The van der Waals surface area contributed by atoms with E-state index < -0.39 is 11.2 Å². The number of carbonyl (C=O) groups excluding carboxylic acids is 1. The van der Waals surface area contributed by atoms with Gasteiger partial charge in [-0.15, -0.1) is 6.58 Å². The van der Waals surface area contributed by atoms with Gasteiger partial charge in [0.15, 0.2) is 0 Å². The summed E-state index contributed by atoms with van der Waals surface area (Å²) < 4.78 is 1.09. The van der Waals surface area contributed by atoms with Gasteiger partial charge in [-0.05, 0) is 0 Å². The summed E-state index contributed by atoms with van der Waals surface area (Å²) in [6.07, 6.45) is 2.79. The molecule has 1 rings (SSSR count). The molecule has 1 aromatic heterocycles. The lowest BCUT2D eigenvalue weighted by atomic mass is 10.4. The molecule has 0 saturated carbocycles. The zero-order valence-corrected chi connectivity index (χ0v) is 9.83. The number of hydrogen-bond acceptors (Lipinski definition) is 4. The summed E-state index contributed by atoms with van der Waals surface area (Å²) in [5.41, 5.74) is -1.15. The number of aromatic amines is 1. The van der Waals surface area contributed by atoms with Crippen LogP contribution in [0.2, 0.25) is 0 Å². The number of H-pyrrole nitrogens is 1. The number of nitrogens with zero attached hydrogens (tertiary/aromatic N) is 2. The molecule has 0 fully saturated rings. The van der Waals surface area contributed by atoms with Crippen molar-refractivity contribution in [2.75, 3.05) is 19.7 Å². The SMILES string of the molecule is C=CCN(CCO)C(=O)Cn1ccc(=O)[nH]c1=O. The first-order valence-corrected chi connectivity index (χ1v) is 5.37. The third-order valence-electron chi connectivity index (χ3n) is 2.27. The summed E-state index contributed by atoms with van der Waals surface area (Å²) in [6.45, 7) is 3.61. The Balaban J connectivity index is 2.81. The quantitative estimate of drug-likeness (QED) is 0.606. The first-order chi connectivity index (χ1) is 8.58. The first-order valence-electron chi connectivity index (χ1n) is 5.37. The smallest absolute Gasteiger partial charge is 0.328 e. The second-order valence-electron chi connectivity index (χ2n) is 3.59. The molecule has 7 nitrogen and oxygen atoms in total. The van der Waals surface area contributed by atoms with Gasteiger partial charge in [0.2, 0.25) is 5.91 Å². The lowest BCUT2D eigenvalue weighted by Crippen LogP contribution is -2.39. The molecule has 0 aromatic carbocycles. The number of aliphatic hydroxyl groups is 1. The van der Waals surface area contributed by atoms with Gasteiger partial charge in [0.1, 0.15) is 6.54 Å². The van der Waals surface area contributed by atoms with Crippen LogP contribution in [0.5, 0.6) is 0 Å². The maximum atomic E-state index is 11.8. The number of aromatic nitrogens is 2. The Morgan fingerprint density at radius 3 is 2.83 bits per heavy atom. The van der Waals surface area contributed by atoms with Crippen molar-refractivity contribution in [3.05, 3.63) is 45.8 Å². The van der Waals surface area contributed by atoms with Crippen LogP contribution in [0.15, 0.2) is 34.5 Å². The van der Waals surface area contributed by atoms with Crippen molar-refractivity contribution in [2.24, 2.45) is 0 Å². The molecular weight excluding hydrogens is 238 g/mol. The Hall–Kier alpha value is -2.15. The van der Waals surface area contributed by atoms with E-state index >= 15 is 0 Å². The average molecular weight is 253 g/mol. The van der Waals surface area contributed by atoms with Crippen LogP contribution in [-0.4, -0.2) is 45.2 Å². The highest BCUT2D eigenvalue weighted by Gasteiger charge is 2.12. The Bertz CT molecular complexity index is 532. The standard InChI is InChI=1S/C11H15N3O4/c1-2-4-13(6-7-15)10(17)8-14-5-3-9(16)12-11(14)18/h2-3,5,15H,1,4,6-8H2,(H,12,16,18). The molecule has 1 amide bonds. The minimum atomic E-state index is -0.640. The van der Waals surface area contributed by atoms with Crippen molar-refractivity contribution in [3.8, 4) is 0 Å². The fourth-order valence-electron chi connectivity index (χ4n) is 1.41. The highest BCUT2D eigenvalue weighted by molar-refractivity contribution is 5.76. The maximum absolute atomic E-state index is 11.8. The molecule has 0 spiro atoms. The van der Waals surface area contributed by atoms with E-state index in [1.807, 2.05) is 0 Å². The van der Waals surface area contributed by atoms with Crippen LogP contribution in [0.4, 0.5) is 0 Å². The monoisotopic (exact) mass is 253 g/mol. The maximum Gasteiger partial charge on any atom is 0.328 e. The van der Waals surface area contributed by atoms with E-state index in [-0.39, 0.29) is 32.1 Å². The van der Waals surface area contributed by atoms with Gasteiger partial charge >= 0.3 is 5.69 Å². The Morgan fingerprint density at radius 2 is 2.28 bits per heavy atom. The van der Waals surface area contributed by atoms with Crippen molar-refractivity contribution < 1.29 is 9.90 Å². The normalized spacial score (nSPS) is 10.1. The molecule has 0 atom stereocenters. The van der Waals surface area contributed by atoms with Gasteiger partial charge < -0.3 is 10.0 Å². The molecule has 0 aliphatic heterocycles. The molecule has 98 valence electrons. The van der Waals surface area contributed by atoms with Crippen molar-refractivity contribution in [3.63, 3.8) is 0 Å². The fraction of sp³-hybridized carbons (Fsp3) is 0.364. The lowest BCUT2D eigenvalue weighted by molar-refractivity contribution is -0.131. The zero-order chi connectivity index (χ0) is 13.5. The molecule has 1 heterocycles. The molecule has 0 radical (unpaired) electrons. The Kier molecular flexibility index (Phi) is 5.06. The summed E-state index contributed by atoms with van der Waals surface area (Å²) in [5.74, 6) is -0.335. The molecule has 0 bridgehead atoms. The van der Waals surface area contributed by atoms with E-state index in [9.17, 15) is 14.4 Å². The van der Waals surface area contributed by atoms with Crippen molar-refractivity contribution in [2.45, 2.75) is 6.54 Å². The van der Waals surface area contributed by atoms with Crippen LogP contribution in [0, 0.1) is 0 Å². The molecule has 0 saturated heterocycles. The number of amides is 1. The van der Waals surface area contributed by atoms with E-state index in [4.69, 9.17) is 5.11 Å². The third kappa shape index (κ3) is 3.70. The van der Waals surface area contributed by atoms with Crippen LogP contribution in [0.25, 0.3) is 0 Å². The second-order valence-corrected chi connectivity index (χ2v) is 3.59. The number of aliphatic hydroxyl groups excluding tert-OH is 1. The van der Waals surface area contributed by atoms with Crippen molar-refractivity contribution >= 4 is 5.91 Å². The highest BCUT2D eigenvalue weighted by atomic mass is 16.3. The van der Waals surface area contributed by atoms with Gasteiger partial charge in [-0.1, -0.05) is 6.08 Å². The molecule has 0 aliphatic carbocycles. The van der Waals surface area contributed by atoms with E-state index in [1.54, 1.807) is 0 Å². The molecule has 2 N–H and O–H groups in total. The molecule has 0 unspecified atom stereocenters. The number of hydrogen-bond donors (Lipinski definition) is 2. The van der Waals surface area contributed by atoms with Gasteiger partial charge in [0.25, 0.3) is 5.56 Å². The van der Waals surface area contributed by atoms with Crippen molar-refractivity contribution in [1.82, 2.24) is 14.5 Å². The highest BCUT2D eigenvalue weighted by Crippen LogP contribution is 1.92. The van der Waals surface area contributed by atoms with Gasteiger partial charge in [-0.3, -0.25) is 19.1 Å². The summed E-state index contributed by atoms with van der Waals surface area (Å²) in [5, 5.41) is 8.83. The largest absolute Gasteiger partial charge is 0.395 e. The Labute approximate surface area is 103 Å². The molecule has 18 heavy (non-hydrogen) atoms. The third-order valence-corrected chi connectivity index (χ3v) is 2.27. The summed E-state index contributed by atoms with van der Waals surface area (Å²) >= 11 is 0.